The summed E-state index contributed by atoms with van der Waals surface area (Å²) in [6.45, 7) is 2.18. The Hall–Kier alpha value is -0.320. The van der Waals surface area contributed by atoms with E-state index in [2.05, 4.69) is 45.9 Å². The van der Waals surface area contributed by atoms with Gasteiger partial charge in [-0.25, -0.2) is 4.98 Å². The molecule has 1 aliphatic heterocycles. The predicted octanol–water partition coefficient (Wildman–Crippen LogP) is 2.04. The summed E-state index contributed by atoms with van der Waals surface area (Å²) in [7, 11) is 0. The highest BCUT2D eigenvalue weighted by atomic mass is 127. The molecule has 1 N–H and O–H groups in total. The Morgan fingerprint density at radius 2 is 2.55 bits per heavy atom. The van der Waals surface area contributed by atoms with Gasteiger partial charge in [0.2, 0.25) is 0 Å². The Morgan fingerprint density at radius 1 is 1.73 bits per heavy atom. The van der Waals surface area contributed by atoms with Crippen LogP contribution in [0.3, 0.4) is 0 Å². The molecule has 2 rings (SSSR count). The van der Waals surface area contributed by atoms with E-state index in [4.69, 9.17) is 0 Å². The van der Waals surface area contributed by atoms with Crippen LogP contribution in [0.15, 0.2) is 12.3 Å². The zero-order valence-corrected chi connectivity index (χ0v) is 8.42. The molecule has 0 aromatic carbocycles. The van der Waals surface area contributed by atoms with Gasteiger partial charge in [-0.05, 0) is 42.0 Å². The Bertz CT molecular complexity index is 285. The lowest BCUT2D eigenvalue weighted by Crippen LogP contribution is -2.08. The molecule has 0 unspecified atom stereocenters. The molecule has 3 heteroatoms. The molecule has 0 saturated heterocycles. The number of anilines is 1. The van der Waals surface area contributed by atoms with Crippen molar-refractivity contribution in [2.75, 3.05) is 5.32 Å². The van der Waals surface area contributed by atoms with Gasteiger partial charge in [0, 0.05) is 21.4 Å². The van der Waals surface area contributed by atoms with Crippen LogP contribution in [-0.4, -0.2) is 11.0 Å². The SMILES string of the molecule is C[C@@H]1Cc2c(I)ccnc2N1. The summed E-state index contributed by atoms with van der Waals surface area (Å²) >= 11 is 2.36. The lowest BCUT2D eigenvalue weighted by atomic mass is 10.2. The first-order valence-electron chi connectivity index (χ1n) is 3.67. The van der Waals surface area contributed by atoms with Gasteiger partial charge in [-0.1, -0.05) is 0 Å². The molecule has 0 bridgehead atoms. The zero-order valence-electron chi connectivity index (χ0n) is 6.26. The minimum atomic E-state index is 0.549. The van der Waals surface area contributed by atoms with Crippen LogP contribution in [0, 0.1) is 3.57 Å². The van der Waals surface area contributed by atoms with Crippen molar-refractivity contribution < 1.29 is 0 Å². The average molecular weight is 260 g/mol. The number of rotatable bonds is 0. The van der Waals surface area contributed by atoms with Gasteiger partial charge in [-0.15, -0.1) is 0 Å². The van der Waals surface area contributed by atoms with Crippen LogP contribution >= 0.6 is 22.6 Å². The minimum absolute atomic E-state index is 0.549. The van der Waals surface area contributed by atoms with Crippen LogP contribution in [0.4, 0.5) is 5.82 Å². The number of nitrogens with one attached hydrogen (secondary N) is 1. The summed E-state index contributed by atoms with van der Waals surface area (Å²) in [5, 5.41) is 3.32. The van der Waals surface area contributed by atoms with Gasteiger partial charge in [0.1, 0.15) is 5.82 Å². The standard InChI is InChI=1S/C8H9IN2/c1-5-4-6-7(9)2-3-10-8(6)11-5/h2-3,5H,4H2,1H3,(H,10,11)/t5-/m1/s1. The summed E-state index contributed by atoms with van der Waals surface area (Å²) < 4.78 is 1.32. The highest BCUT2D eigenvalue weighted by Crippen LogP contribution is 2.26. The number of halogens is 1. The molecule has 0 radical (unpaired) electrons. The van der Waals surface area contributed by atoms with Crippen molar-refractivity contribution in [3.05, 3.63) is 21.4 Å². The van der Waals surface area contributed by atoms with Gasteiger partial charge in [0.15, 0.2) is 0 Å². The van der Waals surface area contributed by atoms with Gasteiger partial charge in [0.05, 0.1) is 0 Å². The van der Waals surface area contributed by atoms with Crippen molar-refractivity contribution >= 4 is 28.4 Å². The maximum Gasteiger partial charge on any atom is 0.130 e. The summed E-state index contributed by atoms with van der Waals surface area (Å²) in [5.74, 6) is 1.07. The number of nitrogens with zero attached hydrogens (tertiary/aromatic N) is 1. The van der Waals surface area contributed by atoms with Gasteiger partial charge >= 0.3 is 0 Å². The molecule has 58 valence electrons. The second-order valence-corrected chi connectivity index (χ2v) is 4.03. The zero-order chi connectivity index (χ0) is 7.84. The first-order valence-corrected chi connectivity index (χ1v) is 4.75. The monoisotopic (exact) mass is 260 g/mol. The van der Waals surface area contributed by atoms with E-state index < -0.39 is 0 Å². The predicted molar refractivity (Wildman–Crippen MR) is 53.7 cm³/mol. The van der Waals surface area contributed by atoms with Crippen LogP contribution in [-0.2, 0) is 6.42 Å². The Morgan fingerprint density at radius 3 is 3.27 bits per heavy atom. The fourth-order valence-electron chi connectivity index (χ4n) is 1.38. The van der Waals surface area contributed by atoms with E-state index in [1.54, 1.807) is 0 Å². The summed E-state index contributed by atoms with van der Waals surface area (Å²) in [6.07, 6.45) is 2.97. The Kier molecular flexibility index (Phi) is 1.75. The molecular weight excluding hydrogens is 251 g/mol. The van der Waals surface area contributed by atoms with Gasteiger partial charge < -0.3 is 5.32 Å². The third kappa shape index (κ3) is 1.21. The second kappa shape index (κ2) is 2.62. The molecule has 2 nitrogen and oxygen atoms in total. The highest BCUT2D eigenvalue weighted by Gasteiger charge is 2.19. The van der Waals surface area contributed by atoms with E-state index in [1.165, 1.54) is 9.13 Å². The Balaban J connectivity index is 2.49. The smallest absolute Gasteiger partial charge is 0.130 e. The van der Waals surface area contributed by atoms with E-state index in [0.717, 1.165) is 12.2 Å². The first-order chi connectivity index (χ1) is 5.27. The molecule has 0 saturated carbocycles. The van der Waals surface area contributed by atoms with Crippen LogP contribution in [0.1, 0.15) is 12.5 Å². The average Bonchev–Trinajstić information content (AvgIpc) is 2.31. The molecule has 11 heavy (non-hydrogen) atoms. The van der Waals surface area contributed by atoms with E-state index in [-0.39, 0.29) is 0 Å². The van der Waals surface area contributed by atoms with Crippen molar-refractivity contribution in [1.29, 1.82) is 0 Å². The van der Waals surface area contributed by atoms with Crippen molar-refractivity contribution in [2.45, 2.75) is 19.4 Å². The topological polar surface area (TPSA) is 24.9 Å². The normalized spacial score (nSPS) is 21.1. The number of aromatic nitrogens is 1. The van der Waals surface area contributed by atoms with E-state index in [0.29, 0.717) is 6.04 Å². The van der Waals surface area contributed by atoms with E-state index in [1.807, 2.05) is 6.20 Å². The quantitative estimate of drug-likeness (QED) is 0.722. The van der Waals surface area contributed by atoms with Crippen LogP contribution < -0.4 is 5.32 Å². The Labute approximate surface area is 79.6 Å². The molecule has 1 aromatic rings. The second-order valence-electron chi connectivity index (χ2n) is 2.87. The van der Waals surface area contributed by atoms with Gasteiger partial charge in [-0.2, -0.15) is 0 Å². The minimum Gasteiger partial charge on any atom is -0.367 e. The molecule has 0 spiro atoms. The molecule has 2 heterocycles. The third-order valence-corrected chi connectivity index (χ3v) is 2.90. The van der Waals surface area contributed by atoms with Crippen LogP contribution in [0.2, 0.25) is 0 Å². The number of hydrogen-bond donors (Lipinski definition) is 1. The van der Waals surface area contributed by atoms with Crippen LogP contribution in [0.5, 0.6) is 0 Å². The highest BCUT2D eigenvalue weighted by molar-refractivity contribution is 14.1. The number of fused-ring (bicyclic) bond motifs is 1. The lowest BCUT2D eigenvalue weighted by Gasteiger charge is -1.99. The lowest BCUT2D eigenvalue weighted by molar-refractivity contribution is 0.836. The van der Waals surface area contributed by atoms with Gasteiger partial charge in [0.25, 0.3) is 0 Å². The van der Waals surface area contributed by atoms with Gasteiger partial charge in [-0.3, -0.25) is 0 Å². The maximum atomic E-state index is 4.25. The summed E-state index contributed by atoms with van der Waals surface area (Å²) in [4.78, 5) is 4.25. The molecule has 0 aliphatic carbocycles. The molecule has 1 aromatic heterocycles. The number of pyridine rings is 1. The third-order valence-electron chi connectivity index (χ3n) is 1.89. The van der Waals surface area contributed by atoms with Crippen molar-refractivity contribution in [2.24, 2.45) is 0 Å². The fourth-order valence-corrected chi connectivity index (χ4v) is 2.01. The molecule has 1 atom stereocenters. The maximum absolute atomic E-state index is 4.25. The summed E-state index contributed by atoms with van der Waals surface area (Å²) in [5.41, 5.74) is 1.38. The van der Waals surface area contributed by atoms with Crippen molar-refractivity contribution in [3.8, 4) is 0 Å². The largest absolute Gasteiger partial charge is 0.367 e. The molecule has 0 amide bonds. The molecular formula is C8H9IN2. The van der Waals surface area contributed by atoms with Crippen LogP contribution in [0.25, 0.3) is 0 Å². The van der Waals surface area contributed by atoms with E-state index in [9.17, 15) is 0 Å². The molecule has 0 fully saturated rings. The summed E-state index contributed by atoms with van der Waals surface area (Å²) in [6, 6.07) is 2.60. The van der Waals surface area contributed by atoms with Crippen molar-refractivity contribution in [1.82, 2.24) is 4.98 Å². The van der Waals surface area contributed by atoms with E-state index >= 15 is 0 Å². The molecule has 1 aliphatic rings. The fraction of sp³-hybridized carbons (Fsp3) is 0.375. The van der Waals surface area contributed by atoms with Crippen molar-refractivity contribution in [3.63, 3.8) is 0 Å². The first kappa shape index (κ1) is 7.34. The number of hydrogen-bond acceptors (Lipinski definition) is 2.